The van der Waals surface area contributed by atoms with Gasteiger partial charge in [0.2, 0.25) is 5.91 Å². The van der Waals surface area contributed by atoms with Gasteiger partial charge in [0.15, 0.2) is 5.84 Å². The van der Waals surface area contributed by atoms with Crippen LogP contribution in [0, 0.1) is 16.7 Å². The monoisotopic (exact) mass is 281 g/mol. The molecule has 0 aromatic rings. The van der Waals surface area contributed by atoms with Crippen molar-refractivity contribution in [3.63, 3.8) is 0 Å². The Hall–Kier alpha value is -1.26. The van der Waals surface area contributed by atoms with Gasteiger partial charge in [0.25, 0.3) is 0 Å². The fourth-order valence-corrected chi connectivity index (χ4v) is 3.79. The molecular weight excluding hydrogens is 254 g/mol. The van der Waals surface area contributed by atoms with E-state index < -0.39 is 5.41 Å². The highest BCUT2D eigenvalue weighted by atomic mass is 16.4. The van der Waals surface area contributed by atoms with E-state index in [1.54, 1.807) is 0 Å². The van der Waals surface area contributed by atoms with Gasteiger partial charge in [-0.15, -0.1) is 0 Å². The van der Waals surface area contributed by atoms with Crippen molar-refractivity contribution in [1.29, 1.82) is 0 Å². The second kappa shape index (κ2) is 5.26. The van der Waals surface area contributed by atoms with Gasteiger partial charge in [-0.2, -0.15) is 0 Å². The molecule has 5 nitrogen and oxygen atoms in total. The average Bonchev–Trinajstić information content (AvgIpc) is 2.36. The van der Waals surface area contributed by atoms with E-state index in [0.29, 0.717) is 18.8 Å². The number of amidine groups is 1. The molecule has 0 spiro atoms. The van der Waals surface area contributed by atoms with Crippen LogP contribution in [-0.2, 0) is 4.79 Å². The maximum Gasteiger partial charge on any atom is 0.234 e. The van der Waals surface area contributed by atoms with E-state index in [1.165, 1.54) is 6.42 Å². The van der Waals surface area contributed by atoms with Crippen LogP contribution in [0.4, 0.5) is 0 Å². The number of hydrogen-bond donors (Lipinski definition) is 3. The van der Waals surface area contributed by atoms with E-state index in [2.05, 4.69) is 31.2 Å². The first-order chi connectivity index (χ1) is 9.32. The Labute approximate surface area is 121 Å². The molecule has 0 heterocycles. The molecule has 0 aromatic carbocycles. The number of nitrogens with zero attached hydrogens (tertiary/aromatic N) is 1. The second-order valence-corrected chi connectivity index (χ2v) is 7.34. The largest absolute Gasteiger partial charge is 0.409 e. The number of oxime groups is 1. The van der Waals surface area contributed by atoms with Crippen molar-refractivity contribution < 1.29 is 10.0 Å². The molecule has 2 saturated carbocycles. The van der Waals surface area contributed by atoms with Crippen LogP contribution in [-0.4, -0.2) is 23.0 Å². The van der Waals surface area contributed by atoms with Gasteiger partial charge in [-0.1, -0.05) is 38.8 Å². The highest BCUT2D eigenvalue weighted by Gasteiger charge is 2.53. The maximum absolute atomic E-state index is 12.7. The fourth-order valence-electron chi connectivity index (χ4n) is 3.79. The van der Waals surface area contributed by atoms with Crippen molar-refractivity contribution in [1.82, 2.24) is 5.32 Å². The Balaban J connectivity index is 2.10. The smallest absolute Gasteiger partial charge is 0.234 e. The SMILES string of the molecule is CC1CC(C(=O)NC2CCCCC2(C)C)(C(N)=NO)C1. The molecule has 114 valence electrons. The van der Waals surface area contributed by atoms with Crippen molar-refractivity contribution in [2.45, 2.75) is 65.3 Å². The van der Waals surface area contributed by atoms with Gasteiger partial charge in [0.1, 0.15) is 5.41 Å². The molecule has 20 heavy (non-hydrogen) atoms. The van der Waals surface area contributed by atoms with Crippen molar-refractivity contribution in [2.24, 2.45) is 27.6 Å². The number of nitrogens with one attached hydrogen (secondary N) is 1. The molecule has 1 atom stereocenters. The summed E-state index contributed by atoms with van der Waals surface area (Å²) in [5, 5.41) is 15.2. The van der Waals surface area contributed by atoms with Crippen LogP contribution in [0.3, 0.4) is 0 Å². The summed E-state index contributed by atoms with van der Waals surface area (Å²) in [5.41, 5.74) is 5.12. The number of nitrogens with two attached hydrogens (primary N) is 1. The standard InChI is InChI=1S/C15H27N3O2/c1-10-8-15(9-10,12(16)18-20)13(19)17-11-6-4-5-7-14(11,2)3/h10-11,20H,4-9H2,1-3H3,(H2,16,18)(H,17,19). The van der Waals surface area contributed by atoms with E-state index in [4.69, 9.17) is 10.9 Å². The second-order valence-electron chi connectivity index (χ2n) is 7.34. The molecule has 2 aliphatic rings. The third-order valence-electron chi connectivity index (χ3n) is 5.24. The highest BCUT2D eigenvalue weighted by Crippen LogP contribution is 2.46. The van der Waals surface area contributed by atoms with Crippen LogP contribution in [0.25, 0.3) is 0 Å². The first kappa shape index (κ1) is 15.1. The minimum absolute atomic E-state index is 0.0571. The third-order valence-corrected chi connectivity index (χ3v) is 5.24. The molecule has 0 aromatic heterocycles. The molecule has 2 fully saturated rings. The van der Waals surface area contributed by atoms with E-state index in [9.17, 15) is 4.79 Å². The molecule has 4 N–H and O–H groups in total. The minimum Gasteiger partial charge on any atom is -0.409 e. The average molecular weight is 281 g/mol. The summed E-state index contributed by atoms with van der Waals surface area (Å²) in [7, 11) is 0. The van der Waals surface area contributed by atoms with E-state index in [0.717, 1.165) is 19.3 Å². The van der Waals surface area contributed by atoms with E-state index in [1.807, 2.05) is 0 Å². The molecule has 0 aliphatic heterocycles. The summed E-state index contributed by atoms with van der Waals surface area (Å²) in [5.74, 6) is 0.438. The maximum atomic E-state index is 12.7. The van der Waals surface area contributed by atoms with Gasteiger partial charge in [-0.3, -0.25) is 4.79 Å². The zero-order valence-corrected chi connectivity index (χ0v) is 12.8. The molecule has 2 rings (SSSR count). The van der Waals surface area contributed by atoms with Crippen LogP contribution < -0.4 is 11.1 Å². The Bertz CT molecular complexity index is 411. The molecule has 1 unspecified atom stereocenters. The summed E-state index contributed by atoms with van der Waals surface area (Å²) < 4.78 is 0. The topological polar surface area (TPSA) is 87.7 Å². The normalized spacial score (nSPS) is 37.0. The summed E-state index contributed by atoms with van der Waals surface area (Å²) in [6, 6.07) is 0.183. The van der Waals surface area contributed by atoms with Crippen LogP contribution >= 0.6 is 0 Å². The summed E-state index contributed by atoms with van der Waals surface area (Å²) in [6.45, 7) is 6.49. The van der Waals surface area contributed by atoms with Crippen molar-refractivity contribution in [3.05, 3.63) is 0 Å². The summed E-state index contributed by atoms with van der Waals surface area (Å²) >= 11 is 0. The minimum atomic E-state index is -0.790. The Morgan fingerprint density at radius 3 is 2.50 bits per heavy atom. The molecule has 0 saturated heterocycles. The van der Waals surface area contributed by atoms with Crippen molar-refractivity contribution >= 4 is 11.7 Å². The molecule has 0 radical (unpaired) electrons. The van der Waals surface area contributed by atoms with Gasteiger partial charge < -0.3 is 16.3 Å². The van der Waals surface area contributed by atoms with Crippen LogP contribution in [0.2, 0.25) is 0 Å². The first-order valence-electron chi connectivity index (χ1n) is 7.61. The van der Waals surface area contributed by atoms with Gasteiger partial charge in [-0.05, 0) is 37.0 Å². The van der Waals surface area contributed by atoms with Gasteiger partial charge in [0.05, 0.1) is 0 Å². The lowest BCUT2D eigenvalue weighted by Gasteiger charge is -2.46. The Morgan fingerprint density at radius 1 is 1.35 bits per heavy atom. The van der Waals surface area contributed by atoms with Crippen molar-refractivity contribution in [3.8, 4) is 0 Å². The zero-order chi connectivity index (χ0) is 15.0. The molecular formula is C15H27N3O2. The lowest BCUT2D eigenvalue weighted by Crippen LogP contribution is -2.60. The lowest BCUT2D eigenvalue weighted by molar-refractivity contribution is -0.135. The molecule has 2 aliphatic carbocycles. The highest BCUT2D eigenvalue weighted by molar-refractivity contribution is 6.07. The Morgan fingerprint density at radius 2 is 2.00 bits per heavy atom. The number of carbonyl (C=O) groups is 1. The van der Waals surface area contributed by atoms with Gasteiger partial charge >= 0.3 is 0 Å². The van der Waals surface area contributed by atoms with E-state index >= 15 is 0 Å². The fraction of sp³-hybridized carbons (Fsp3) is 0.867. The Kier molecular flexibility index (Phi) is 3.98. The number of carbonyl (C=O) groups excluding carboxylic acids is 1. The van der Waals surface area contributed by atoms with Gasteiger partial charge in [-0.25, -0.2) is 0 Å². The number of rotatable bonds is 3. The zero-order valence-electron chi connectivity index (χ0n) is 12.8. The lowest BCUT2D eigenvalue weighted by atomic mass is 9.61. The quantitative estimate of drug-likeness (QED) is 0.321. The van der Waals surface area contributed by atoms with Crippen LogP contribution in [0.1, 0.15) is 59.3 Å². The van der Waals surface area contributed by atoms with Crippen LogP contribution in [0.15, 0.2) is 5.16 Å². The first-order valence-corrected chi connectivity index (χ1v) is 7.61. The van der Waals surface area contributed by atoms with Crippen molar-refractivity contribution in [2.75, 3.05) is 0 Å². The third kappa shape index (κ3) is 2.50. The summed E-state index contributed by atoms with van der Waals surface area (Å²) in [4.78, 5) is 12.7. The predicted molar refractivity (Wildman–Crippen MR) is 78.4 cm³/mol. The molecule has 0 bridgehead atoms. The number of amides is 1. The molecule has 1 amide bonds. The van der Waals surface area contributed by atoms with Crippen LogP contribution in [0.5, 0.6) is 0 Å². The predicted octanol–water partition coefficient (Wildman–Crippen LogP) is 2.23. The number of hydrogen-bond acceptors (Lipinski definition) is 3. The van der Waals surface area contributed by atoms with Gasteiger partial charge in [0, 0.05) is 6.04 Å². The van der Waals surface area contributed by atoms with E-state index in [-0.39, 0.29) is 23.2 Å². The summed E-state index contributed by atoms with van der Waals surface area (Å²) in [6.07, 6.45) is 5.86. The molecule has 5 heteroatoms.